The van der Waals surface area contributed by atoms with Gasteiger partial charge in [0.05, 0.1) is 21.3 Å². The van der Waals surface area contributed by atoms with Crippen LogP contribution >= 0.6 is 0 Å². The molecule has 106 valence electrons. The Kier molecular flexibility index (Phi) is 4.88. The van der Waals surface area contributed by atoms with Crippen LogP contribution in [0.2, 0.25) is 19.6 Å². The van der Waals surface area contributed by atoms with Gasteiger partial charge >= 0.3 is 0 Å². The third-order valence-corrected chi connectivity index (χ3v) is 3.27. The zero-order chi connectivity index (χ0) is 14.6. The van der Waals surface area contributed by atoms with E-state index in [2.05, 4.69) is 26.2 Å². The van der Waals surface area contributed by atoms with Crippen molar-refractivity contribution < 1.29 is 18.6 Å². The van der Waals surface area contributed by atoms with Gasteiger partial charge in [-0.25, -0.2) is 0 Å². The maximum Gasteiger partial charge on any atom is 0.242 e. The van der Waals surface area contributed by atoms with E-state index in [9.17, 15) is 0 Å². The highest BCUT2D eigenvalue weighted by Crippen LogP contribution is 2.40. The van der Waals surface area contributed by atoms with Crippen LogP contribution in [0.4, 0.5) is 0 Å². The van der Waals surface area contributed by atoms with Crippen LogP contribution in [0.3, 0.4) is 0 Å². The van der Waals surface area contributed by atoms with Crippen LogP contribution in [0.5, 0.6) is 17.2 Å². The average Bonchev–Trinajstić information content (AvgIpc) is 2.34. The second kappa shape index (κ2) is 6.01. The van der Waals surface area contributed by atoms with Crippen LogP contribution in [-0.2, 0) is 4.43 Å². The maximum atomic E-state index is 5.89. The molecule has 0 radical (unpaired) electrons. The first-order valence-electron chi connectivity index (χ1n) is 6.00. The topological polar surface area (TPSA) is 36.9 Å². The van der Waals surface area contributed by atoms with Crippen LogP contribution in [0, 0.1) is 0 Å². The molecule has 1 rings (SSSR count). The molecule has 0 aliphatic rings. The molecule has 0 N–H and O–H groups in total. The fraction of sp³-hybridized carbons (Fsp3) is 0.429. The van der Waals surface area contributed by atoms with Crippen molar-refractivity contribution in [3.05, 3.63) is 24.3 Å². The summed E-state index contributed by atoms with van der Waals surface area (Å²) < 4.78 is 21.8. The predicted octanol–water partition coefficient (Wildman–Crippen LogP) is 3.53. The number of ether oxygens (including phenoxy) is 3. The van der Waals surface area contributed by atoms with Crippen molar-refractivity contribution in [1.29, 1.82) is 0 Å². The molecule has 0 amide bonds. The molecule has 0 heterocycles. The average molecular weight is 282 g/mol. The number of hydrogen-bond donors (Lipinski definition) is 0. The highest BCUT2D eigenvalue weighted by Gasteiger charge is 2.20. The first-order chi connectivity index (χ1) is 8.82. The highest BCUT2D eigenvalue weighted by atomic mass is 28.4. The molecule has 0 spiro atoms. The second-order valence-corrected chi connectivity index (χ2v) is 9.48. The highest BCUT2D eigenvalue weighted by molar-refractivity contribution is 6.70. The lowest BCUT2D eigenvalue weighted by molar-refractivity contribution is 0.324. The first kappa shape index (κ1) is 15.4. The normalized spacial score (nSPS) is 10.8. The van der Waals surface area contributed by atoms with Gasteiger partial charge in [0.1, 0.15) is 5.76 Å². The summed E-state index contributed by atoms with van der Waals surface area (Å²) in [5.74, 6) is 2.38. The molecule has 0 aliphatic carbocycles. The predicted molar refractivity (Wildman–Crippen MR) is 79.6 cm³/mol. The molecule has 0 aliphatic heterocycles. The van der Waals surface area contributed by atoms with Gasteiger partial charge in [0.2, 0.25) is 14.1 Å². The lowest BCUT2D eigenvalue weighted by atomic mass is 10.1. The summed E-state index contributed by atoms with van der Waals surface area (Å²) in [6.07, 6.45) is 0. The molecule has 5 heteroatoms. The summed E-state index contributed by atoms with van der Waals surface area (Å²) in [7, 11) is 3.06. The van der Waals surface area contributed by atoms with Gasteiger partial charge in [0, 0.05) is 5.56 Å². The van der Waals surface area contributed by atoms with E-state index >= 15 is 0 Å². The zero-order valence-electron chi connectivity index (χ0n) is 12.5. The van der Waals surface area contributed by atoms with E-state index in [4.69, 9.17) is 18.6 Å². The molecule has 4 nitrogen and oxygen atoms in total. The van der Waals surface area contributed by atoms with Crippen molar-refractivity contribution in [2.45, 2.75) is 19.6 Å². The minimum absolute atomic E-state index is 0.564. The van der Waals surface area contributed by atoms with E-state index < -0.39 is 8.32 Å². The SMILES string of the molecule is C=C(O[Si](C)(C)C)c1cc(OC)c(OC)c(OC)c1. The standard InChI is InChI=1S/C14H22O4Si/c1-10(18-19(5,6)7)11-8-12(15-2)14(17-4)13(9-11)16-3/h8-9H,1H2,2-7H3. The Hall–Kier alpha value is -1.62. The summed E-state index contributed by atoms with van der Waals surface area (Å²) in [5.41, 5.74) is 0.830. The van der Waals surface area contributed by atoms with Crippen LogP contribution in [0.15, 0.2) is 18.7 Å². The first-order valence-corrected chi connectivity index (χ1v) is 9.41. The van der Waals surface area contributed by atoms with E-state index in [0.717, 1.165) is 5.56 Å². The quantitative estimate of drug-likeness (QED) is 0.591. The molecule has 0 aromatic heterocycles. The molecule has 0 fully saturated rings. The molecule has 1 aromatic rings. The van der Waals surface area contributed by atoms with Crippen molar-refractivity contribution in [2.75, 3.05) is 21.3 Å². The van der Waals surface area contributed by atoms with Crippen LogP contribution in [0.25, 0.3) is 5.76 Å². The summed E-state index contributed by atoms with van der Waals surface area (Å²) in [4.78, 5) is 0. The Balaban J connectivity index is 3.19. The third-order valence-electron chi connectivity index (χ3n) is 2.42. The molecule has 1 aromatic carbocycles. The van der Waals surface area contributed by atoms with E-state index in [-0.39, 0.29) is 0 Å². The molecule has 0 saturated heterocycles. The summed E-state index contributed by atoms with van der Waals surface area (Å²) >= 11 is 0. The van der Waals surface area contributed by atoms with E-state index in [1.165, 1.54) is 0 Å². The minimum atomic E-state index is -1.69. The Bertz CT molecular complexity index is 438. The van der Waals surface area contributed by atoms with E-state index in [1.807, 2.05) is 12.1 Å². The third kappa shape index (κ3) is 3.92. The van der Waals surface area contributed by atoms with Crippen molar-refractivity contribution in [2.24, 2.45) is 0 Å². The zero-order valence-corrected chi connectivity index (χ0v) is 13.5. The van der Waals surface area contributed by atoms with Gasteiger partial charge in [-0.3, -0.25) is 0 Å². The van der Waals surface area contributed by atoms with Gasteiger partial charge in [-0.15, -0.1) is 0 Å². The number of rotatable bonds is 6. The smallest absolute Gasteiger partial charge is 0.242 e. The maximum absolute atomic E-state index is 5.89. The summed E-state index contributed by atoms with van der Waals surface area (Å²) in [5, 5.41) is 0. The molecular weight excluding hydrogens is 260 g/mol. The van der Waals surface area contributed by atoms with Crippen molar-refractivity contribution in [1.82, 2.24) is 0 Å². The van der Waals surface area contributed by atoms with Crippen LogP contribution < -0.4 is 14.2 Å². The molecule has 0 saturated carbocycles. The van der Waals surface area contributed by atoms with E-state index in [1.54, 1.807) is 21.3 Å². The Labute approximate surface area is 116 Å². The van der Waals surface area contributed by atoms with Crippen molar-refractivity contribution >= 4 is 14.1 Å². The lowest BCUT2D eigenvalue weighted by Crippen LogP contribution is -2.24. The Morgan fingerprint density at radius 2 is 1.42 bits per heavy atom. The van der Waals surface area contributed by atoms with Gasteiger partial charge < -0.3 is 18.6 Å². The van der Waals surface area contributed by atoms with Gasteiger partial charge in [-0.2, -0.15) is 0 Å². The lowest BCUT2D eigenvalue weighted by Gasteiger charge is -2.22. The molecular formula is C14H22O4Si. The van der Waals surface area contributed by atoms with Gasteiger partial charge in [-0.1, -0.05) is 6.58 Å². The second-order valence-electron chi connectivity index (χ2n) is 5.05. The van der Waals surface area contributed by atoms with Gasteiger partial charge in [0.15, 0.2) is 11.5 Å². The number of hydrogen-bond acceptors (Lipinski definition) is 4. The summed E-state index contributed by atoms with van der Waals surface area (Å²) in [6, 6.07) is 3.67. The summed E-state index contributed by atoms with van der Waals surface area (Å²) in [6.45, 7) is 10.3. The Morgan fingerprint density at radius 1 is 0.947 bits per heavy atom. The van der Waals surface area contributed by atoms with Crippen LogP contribution in [0.1, 0.15) is 5.56 Å². The number of benzene rings is 1. The molecule has 0 unspecified atom stereocenters. The monoisotopic (exact) mass is 282 g/mol. The fourth-order valence-corrected chi connectivity index (χ4v) is 2.53. The van der Waals surface area contributed by atoms with Gasteiger partial charge in [0.25, 0.3) is 0 Å². The van der Waals surface area contributed by atoms with Gasteiger partial charge in [-0.05, 0) is 31.8 Å². The largest absolute Gasteiger partial charge is 0.544 e. The minimum Gasteiger partial charge on any atom is -0.544 e. The Morgan fingerprint density at radius 3 is 1.74 bits per heavy atom. The van der Waals surface area contributed by atoms with Crippen molar-refractivity contribution in [3.8, 4) is 17.2 Å². The van der Waals surface area contributed by atoms with Crippen molar-refractivity contribution in [3.63, 3.8) is 0 Å². The molecule has 19 heavy (non-hydrogen) atoms. The molecule has 0 bridgehead atoms. The fourth-order valence-electron chi connectivity index (χ4n) is 1.67. The van der Waals surface area contributed by atoms with Crippen LogP contribution in [-0.4, -0.2) is 29.6 Å². The van der Waals surface area contributed by atoms with E-state index in [0.29, 0.717) is 23.0 Å². The molecule has 0 atom stereocenters. The number of methoxy groups -OCH3 is 3.